The number of hydrogen-bond acceptors (Lipinski definition) is 6. The van der Waals surface area contributed by atoms with Crippen LogP contribution in [0.1, 0.15) is 34.0 Å². The minimum absolute atomic E-state index is 0.518. The molecule has 1 aromatic heterocycles. The largest absolute Gasteiger partial charge is 0.359 e. The maximum atomic E-state index is 9.99. The van der Waals surface area contributed by atoms with Crippen LogP contribution in [0.2, 0.25) is 0 Å². The van der Waals surface area contributed by atoms with Gasteiger partial charge in [0.2, 0.25) is 0 Å². The van der Waals surface area contributed by atoms with Crippen LogP contribution in [0, 0.1) is 22.7 Å². The van der Waals surface area contributed by atoms with E-state index in [0.717, 1.165) is 106 Å². The molecule has 0 radical (unpaired) electrons. The highest BCUT2D eigenvalue weighted by atomic mass is 15.2. The second-order valence-corrected chi connectivity index (χ2v) is 19.4. The highest BCUT2D eigenvalue weighted by Crippen LogP contribution is 2.43. The Hall–Kier alpha value is -11.0. The van der Waals surface area contributed by atoms with Crippen molar-refractivity contribution in [3.63, 3.8) is 0 Å². The standard InChI is InChI=1S/C72H49N7/c73-48-55-17-13-15-27-64(55)69-47-68(75-72(76-69)65-28-16-14-18-56(65)49-74)54-35-33-52(34-36-54)50-29-31-51(32-30-50)53-37-39-61(40-38-53)79-70-43-41-62(77(57-19-5-1-6-20-57)58-21-7-2-8-22-58)45-66(70)67-46-63(42-44-71(67)79)78(59-23-9-3-10-24-59)60-25-11-4-12-26-60/h1-47,72,75H. The van der Waals surface area contributed by atoms with Gasteiger partial charge >= 0.3 is 0 Å². The fourth-order valence-electron chi connectivity index (χ4n) is 10.9. The third-order valence-electron chi connectivity index (χ3n) is 14.7. The molecule has 0 saturated heterocycles. The third-order valence-corrected chi connectivity index (χ3v) is 14.7. The Bertz CT molecular complexity index is 4110. The summed E-state index contributed by atoms with van der Waals surface area (Å²) in [5.74, 6) is 0. The van der Waals surface area contributed by atoms with Crippen molar-refractivity contribution in [3.8, 4) is 40.1 Å². The number of nitrogens with zero attached hydrogens (tertiary/aromatic N) is 6. The quantitative estimate of drug-likeness (QED) is 0.132. The van der Waals surface area contributed by atoms with Crippen LogP contribution in [0.15, 0.2) is 290 Å². The van der Waals surface area contributed by atoms with Crippen LogP contribution in [-0.4, -0.2) is 10.3 Å². The Kier molecular flexibility index (Phi) is 12.7. The first-order valence-corrected chi connectivity index (χ1v) is 26.3. The average Bonchev–Trinajstić information content (AvgIpc) is 3.96. The SMILES string of the molecule is N#Cc1ccccc1C1=NC(c2ccccc2C#N)NC(c2ccc(-c3ccc(-c4ccc(-n5c6ccc(N(c7ccccc7)c7ccccc7)cc6c6cc(N(c7ccccc7)c7ccccc7)ccc65)cc4)cc3)cc2)=C1. The lowest BCUT2D eigenvalue weighted by atomic mass is 9.96. The Morgan fingerprint density at radius 3 is 1.23 bits per heavy atom. The van der Waals surface area contributed by atoms with E-state index >= 15 is 0 Å². The van der Waals surface area contributed by atoms with E-state index in [1.165, 1.54) is 0 Å². The second kappa shape index (κ2) is 21.0. The zero-order valence-corrected chi connectivity index (χ0v) is 42.9. The number of aromatic nitrogens is 1. The molecule has 0 saturated carbocycles. The molecule has 1 atom stereocenters. The molecule has 11 aromatic carbocycles. The molecule has 7 heteroatoms. The van der Waals surface area contributed by atoms with Crippen molar-refractivity contribution < 1.29 is 0 Å². The highest BCUT2D eigenvalue weighted by Gasteiger charge is 2.24. The summed E-state index contributed by atoms with van der Waals surface area (Å²) in [6.45, 7) is 0. The number of fused-ring (bicyclic) bond motifs is 3. The van der Waals surface area contributed by atoms with E-state index in [-0.39, 0.29) is 0 Å². The van der Waals surface area contributed by atoms with Crippen LogP contribution >= 0.6 is 0 Å². The molecule has 13 rings (SSSR count). The minimum Gasteiger partial charge on any atom is -0.359 e. The Morgan fingerprint density at radius 1 is 0.380 bits per heavy atom. The predicted molar refractivity (Wildman–Crippen MR) is 324 cm³/mol. The lowest BCUT2D eigenvalue weighted by Crippen LogP contribution is -2.25. The minimum atomic E-state index is -0.518. The van der Waals surface area contributed by atoms with Crippen molar-refractivity contribution in [3.05, 3.63) is 313 Å². The number of allylic oxidation sites excluding steroid dienone is 1. The predicted octanol–water partition coefficient (Wildman–Crippen LogP) is 17.9. The Morgan fingerprint density at radius 2 is 0.772 bits per heavy atom. The molecule has 372 valence electrons. The summed E-state index contributed by atoms with van der Waals surface area (Å²) in [5.41, 5.74) is 19.3. The van der Waals surface area contributed by atoms with Gasteiger partial charge < -0.3 is 19.7 Å². The Labute approximate surface area is 459 Å². The molecule has 0 bridgehead atoms. The summed E-state index contributed by atoms with van der Waals surface area (Å²) in [5, 5.41) is 25.9. The summed E-state index contributed by atoms with van der Waals surface area (Å²) in [4.78, 5) is 9.68. The van der Waals surface area contributed by atoms with E-state index in [4.69, 9.17) is 4.99 Å². The highest BCUT2D eigenvalue weighted by molar-refractivity contribution is 6.14. The maximum absolute atomic E-state index is 9.99. The molecule has 79 heavy (non-hydrogen) atoms. The van der Waals surface area contributed by atoms with Crippen molar-refractivity contribution in [2.45, 2.75) is 6.17 Å². The molecular weight excluding hydrogens is 963 g/mol. The molecule has 2 heterocycles. The van der Waals surface area contributed by atoms with Crippen molar-refractivity contribution in [1.82, 2.24) is 9.88 Å². The monoisotopic (exact) mass is 1010 g/mol. The van der Waals surface area contributed by atoms with Gasteiger partial charge in [-0.15, -0.1) is 0 Å². The molecule has 0 aliphatic carbocycles. The van der Waals surface area contributed by atoms with E-state index in [2.05, 4.69) is 262 Å². The first kappa shape index (κ1) is 47.7. The van der Waals surface area contributed by atoms with Crippen LogP contribution < -0.4 is 15.1 Å². The van der Waals surface area contributed by atoms with Gasteiger partial charge in [0.05, 0.1) is 40.0 Å². The molecule has 7 nitrogen and oxygen atoms in total. The van der Waals surface area contributed by atoms with Gasteiger partial charge in [-0.3, -0.25) is 4.99 Å². The normalized spacial score (nSPS) is 12.9. The second-order valence-electron chi connectivity index (χ2n) is 19.4. The number of benzene rings is 11. The number of aliphatic imine (C=N–C) groups is 1. The lowest BCUT2D eigenvalue weighted by molar-refractivity contribution is 0.662. The third kappa shape index (κ3) is 9.25. The number of rotatable bonds is 12. The van der Waals surface area contributed by atoms with E-state index < -0.39 is 6.17 Å². The van der Waals surface area contributed by atoms with Crippen molar-refractivity contribution >= 4 is 67.3 Å². The lowest BCUT2D eigenvalue weighted by Gasteiger charge is -2.26. The molecule has 1 N–H and O–H groups in total. The Balaban J connectivity index is 0.831. The zero-order chi connectivity index (χ0) is 53.1. The number of anilines is 6. The fraction of sp³-hybridized carbons (Fsp3) is 0.0139. The fourth-order valence-corrected chi connectivity index (χ4v) is 10.9. The van der Waals surface area contributed by atoms with Crippen molar-refractivity contribution in [1.29, 1.82) is 10.5 Å². The van der Waals surface area contributed by atoms with Gasteiger partial charge in [0.15, 0.2) is 0 Å². The van der Waals surface area contributed by atoms with E-state index in [1.54, 1.807) is 12.1 Å². The first-order valence-electron chi connectivity index (χ1n) is 26.3. The van der Waals surface area contributed by atoms with Gasteiger partial charge in [0, 0.05) is 67.4 Å². The van der Waals surface area contributed by atoms with Crippen molar-refractivity contribution in [2.24, 2.45) is 4.99 Å². The van der Waals surface area contributed by atoms with E-state index in [9.17, 15) is 10.5 Å². The van der Waals surface area contributed by atoms with E-state index in [0.29, 0.717) is 16.8 Å². The summed E-state index contributed by atoms with van der Waals surface area (Å²) >= 11 is 0. The number of para-hydroxylation sites is 4. The molecule has 0 amide bonds. The molecule has 1 aliphatic heterocycles. The molecule has 12 aromatic rings. The zero-order valence-electron chi connectivity index (χ0n) is 42.9. The first-order chi connectivity index (χ1) is 39.1. The van der Waals surface area contributed by atoms with Gasteiger partial charge in [-0.05, 0) is 143 Å². The van der Waals surface area contributed by atoms with Crippen LogP contribution in [0.3, 0.4) is 0 Å². The number of nitriles is 2. The molecule has 1 unspecified atom stereocenters. The molecule has 1 aliphatic rings. The smallest absolute Gasteiger partial charge is 0.146 e. The van der Waals surface area contributed by atoms with Crippen LogP contribution in [0.5, 0.6) is 0 Å². The topological polar surface area (TPSA) is 83.4 Å². The van der Waals surface area contributed by atoms with Gasteiger partial charge in [-0.2, -0.15) is 10.5 Å². The van der Waals surface area contributed by atoms with Gasteiger partial charge in [0.1, 0.15) is 6.17 Å². The molecular formula is C72H49N7. The van der Waals surface area contributed by atoms with Gasteiger partial charge in [-0.25, -0.2) is 0 Å². The summed E-state index contributed by atoms with van der Waals surface area (Å²) in [6, 6.07) is 102. The van der Waals surface area contributed by atoms with Crippen molar-refractivity contribution in [2.75, 3.05) is 9.80 Å². The van der Waals surface area contributed by atoms with Gasteiger partial charge in [-0.1, -0.05) is 170 Å². The summed E-state index contributed by atoms with van der Waals surface area (Å²) in [7, 11) is 0. The molecule has 0 fully saturated rings. The van der Waals surface area contributed by atoms with Crippen LogP contribution in [0.25, 0.3) is 55.4 Å². The molecule has 0 spiro atoms. The number of hydrogen-bond donors (Lipinski definition) is 1. The number of nitrogens with one attached hydrogen (secondary N) is 1. The van der Waals surface area contributed by atoms with E-state index in [1.807, 2.05) is 42.5 Å². The van der Waals surface area contributed by atoms with Gasteiger partial charge in [0.25, 0.3) is 0 Å². The van der Waals surface area contributed by atoms with Crippen LogP contribution in [0.4, 0.5) is 34.1 Å². The summed E-state index contributed by atoms with van der Waals surface area (Å²) < 4.78 is 2.39. The summed E-state index contributed by atoms with van der Waals surface area (Å²) in [6.07, 6.45) is 1.47. The maximum Gasteiger partial charge on any atom is 0.146 e. The van der Waals surface area contributed by atoms with Crippen LogP contribution in [-0.2, 0) is 0 Å². The average molecular weight is 1010 g/mol.